The zero-order valence-corrected chi connectivity index (χ0v) is 9.38. The number of benzene rings is 1. The molecule has 5 nitrogen and oxygen atoms in total. The highest BCUT2D eigenvalue weighted by Crippen LogP contribution is 2.48. The molecule has 1 aliphatic carbocycles. The van der Waals surface area contributed by atoms with Crippen molar-refractivity contribution < 1.29 is 24.9 Å². The number of methoxy groups -OCH3 is 1. The molecular weight excluding hydrogens is 224 g/mol. The van der Waals surface area contributed by atoms with E-state index in [1.165, 1.54) is 25.3 Å². The highest BCUT2D eigenvalue weighted by molar-refractivity contribution is 5.84. The molecule has 2 rings (SSSR count). The summed E-state index contributed by atoms with van der Waals surface area (Å²) in [7, 11) is 1.42. The molecule has 0 heterocycles. The summed E-state index contributed by atoms with van der Waals surface area (Å²) in [6.07, 6.45) is -0.253. The number of aliphatic hydroxyl groups excluding tert-OH is 1. The van der Waals surface area contributed by atoms with Crippen LogP contribution in [0.2, 0.25) is 0 Å². The third-order valence-electron chi connectivity index (χ3n) is 3.28. The van der Waals surface area contributed by atoms with Gasteiger partial charge in [-0.15, -0.1) is 0 Å². The zero-order valence-electron chi connectivity index (χ0n) is 9.38. The molecule has 0 radical (unpaired) electrons. The number of aliphatic carboxylic acids is 1. The Kier molecular flexibility index (Phi) is 2.71. The second-order valence-corrected chi connectivity index (χ2v) is 4.33. The van der Waals surface area contributed by atoms with Gasteiger partial charge in [0.1, 0.15) is 16.9 Å². The largest absolute Gasteiger partial charge is 0.508 e. The lowest BCUT2D eigenvalue weighted by molar-refractivity contribution is -0.153. The zero-order chi connectivity index (χ0) is 12.6. The fraction of sp³-hybridized carbons (Fsp3) is 0.417. The lowest BCUT2D eigenvalue weighted by atomic mass is 9.62. The Morgan fingerprint density at radius 1 is 1.47 bits per heavy atom. The molecule has 0 spiro atoms. The Morgan fingerprint density at radius 3 is 2.59 bits per heavy atom. The van der Waals surface area contributed by atoms with Gasteiger partial charge in [-0.25, -0.2) is 0 Å². The second-order valence-electron chi connectivity index (χ2n) is 4.33. The molecule has 1 fully saturated rings. The fourth-order valence-corrected chi connectivity index (χ4v) is 2.33. The highest BCUT2D eigenvalue weighted by atomic mass is 16.5. The van der Waals surface area contributed by atoms with E-state index in [1.54, 1.807) is 0 Å². The van der Waals surface area contributed by atoms with Crippen LogP contribution in [0.5, 0.6) is 11.5 Å². The Morgan fingerprint density at radius 2 is 2.12 bits per heavy atom. The van der Waals surface area contributed by atoms with Gasteiger partial charge in [0.15, 0.2) is 0 Å². The van der Waals surface area contributed by atoms with Crippen molar-refractivity contribution in [1.29, 1.82) is 0 Å². The molecule has 92 valence electrons. The quantitative estimate of drug-likeness (QED) is 0.727. The van der Waals surface area contributed by atoms with Crippen LogP contribution < -0.4 is 4.74 Å². The monoisotopic (exact) mass is 238 g/mol. The Labute approximate surface area is 98.3 Å². The lowest BCUT2D eigenvalue weighted by Crippen LogP contribution is -2.50. The predicted molar refractivity (Wildman–Crippen MR) is 59.2 cm³/mol. The molecule has 0 aromatic heterocycles. The van der Waals surface area contributed by atoms with Crippen molar-refractivity contribution in [2.45, 2.75) is 24.4 Å². The topological polar surface area (TPSA) is 87.0 Å². The molecule has 1 saturated carbocycles. The maximum absolute atomic E-state index is 11.4. The first-order chi connectivity index (χ1) is 7.99. The molecule has 17 heavy (non-hydrogen) atoms. The normalized spacial score (nSPS) is 27.3. The maximum atomic E-state index is 11.4. The van der Waals surface area contributed by atoms with Gasteiger partial charge in [0.05, 0.1) is 13.2 Å². The van der Waals surface area contributed by atoms with Gasteiger partial charge in [0.2, 0.25) is 0 Å². The van der Waals surface area contributed by atoms with Gasteiger partial charge in [0.25, 0.3) is 0 Å². The van der Waals surface area contributed by atoms with E-state index in [-0.39, 0.29) is 18.6 Å². The van der Waals surface area contributed by atoms with E-state index in [0.717, 1.165) is 0 Å². The summed E-state index contributed by atoms with van der Waals surface area (Å²) in [6.45, 7) is 0. The molecule has 1 aromatic rings. The molecule has 1 aromatic carbocycles. The standard InChI is InChI=1S/C12H14O5/c1-17-10-4-7(13)2-3-9(10)12(11(15)16)5-8(14)6-12/h2-4,8,13-14H,5-6H2,1H3,(H,15,16). The number of phenolic OH excluding ortho intramolecular Hbond substituents is 1. The van der Waals surface area contributed by atoms with E-state index in [2.05, 4.69) is 0 Å². The van der Waals surface area contributed by atoms with Gasteiger partial charge < -0.3 is 20.1 Å². The van der Waals surface area contributed by atoms with Crippen molar-refractivity contribution in [2.24, 2.45) is 0 Å². The number of carbonyl (C=O) groups is 1. The SMILES string of the molecule is COc1cc(O)ccc1C1(C(=O)O)CC(O)C1. The van der Waals surface area contributed by atoms with Crippen LogP contribution >= 0.6 is 0 Å². The van der Waals surface area contributed by atoms with Crippen molar-refractivity contribution >= 4 is 5.97 Å². The number of hydrogen-bond donors (Lipinski definition) is 3. The minimum absolute atomic E-state index is 0.0195. The summed E-state index contributed by atoms with van der Waals surface area (Å²) in [5.41, 5.74) is -0.603. The summed E-state index contributed by atoms with van der Waals surface area (Å²) in [5, 5.41) is 28.0. The van der Waals surface area contributed by atoms with Crippen LogP contribution in [0.1, 0.15) is 18.4 Å². The van der Waals surface area contributed by atoms with Crippen LogP contribution in [0, 0.1) is 0 Å². The number of ether oxygens (including phenoxy) is 1. The maximum Gasteiger partial charge on any atom is 0.314 e. The Bertz CT molecular complexity index is 448. The van der Waals surface area contributed by atoms with E-state index in [0.29, 0.717) is 11.3 Å². The number of carboxylic acids is 1. The Balaban J connectivity index is 2.48. The molecule has 0 unspecified atom stereocenters. The predicted octanol–water partition coefficient (Wildman–Crippen LogP) is 0.878. The molecule has 0 atom stereocenters. The molecule has 0 bridgehead atoms. The van der Waals surface area contributed by atoms with Crippen molar-refractivity contribution in [1.82, 2.24) is 0 Å². The number of hydrogen-bond acceptors (Lipinski definition) is 4. The number of aliphatic hydroxyl groups is 1. The van der Waals surface area contributed by atoms with Crippen LogP contribution in [-0.4, -0.2) is 34.5 Å². The van der Waals surface area contributed by atoms with Crippen LogP contribution in [0.15, 0.2) is 18.2 Å². The number of rotatable bonds is 3. The average Bonchev–Trinajstić information content (AvgIpc) is 2.24. The van der Waals surface area contributed by atoms with Crippen LogP contribution in [0.3, 0.4) is 0 Å². The molecular formula is C12H14O5. The van der Waals surface area contributed by atoms with E-state index >= 15 is 0 Å². The summed E-state index contributed by atoms with van der Waals surface area (Å²) in [6, 6.07) is 4.34. The van der Waals surface area contributed by atoms with E-state index in [9.17, 15) is 20.1 Å². The Hall–Kier alpha value is -1.75. The van der Waals surface area contributed by atoms with Gasteiger partial charge in [-0.1, -0.05) is 6.07 Å². The number of carboxylic acid groups (broad SMARTS) is 1. The van der Waals surface area contributed by atoms with Crippen molar-refractivity contribution in [3.8, 4) is 11.5 Å². The summed E-state index contributed by atoms with van der Waals surface area (Å²) < 4.78 is 5.09. The minimum Gasteiger partial charge on any atom is -0.508 e. The van der Waals surface area contributed by atoms with Crippen molar-refractivity contribution in [3.05, 3.63) is 23.8 Å². The molecule has 0 aliphatic heterocycles. The first-order valence-corrected chi connectivity index (χ1v) is 5.28. The van der Waals surface area contributed by atoms with E-state index in [4.69, 9.17) is 4.74 Å². The molecule has 0 saturated heterocycles. The first kappa shape index (κ1) is 11.7. The fourth-order valence-electron chi connectivity index (χ4n) is 2.33. The molecule has 5 heteroatoms. The lowest BCUT2D eigenvalue weighted by Gasteiger charge is -2.42. The van der Waals surface area contributed by atoms with Crippen LogP contribution in [0.25, 0.3) is 0 Å². The van der Waals surface area contributed by atoms with E-state index in [1.807, 2.05) is 0 Å². The summed E-state index contributed by atoms with van der Waals surface area (Å²) in [5.74, 6) is -0.628. The van der Waals surface area contributed by atoms with Gasteiger partial charge >= 0.3 is 5.97 Å². The molecule has 0 amide bonds. The average molecular weight is 238 g/mol. The third-order valence-corrected chi connectivity index (χ3v) is 3.28. The molecule has 3 N–H and O–H groups in total. The van der Waals surface area contributed by atoms with Gasteiger partial charge in [-0.2, -0.15) is 0 Å². The first-order valence-electron chi connectivity index (χ1n) is 5.28. The summed E-state index contributed by atoms with van der Waals surface area (Å²) >= 11 is 0. The van der Waals surface area contributed by atoms with E-state index < -0.39 is 17.5 Å². The van der Waals surface area contributed by atoms with Crippen molar-refractivity contribution in [2.75, 3.05) is 7.11 Å². The summed E-state index contributed by atoms with van der Waals surface area (Å²) in [4.78, 5) is 11.4. The smallest absolute Gasteiger partial charge is 0.314 e. The van der Waals surface area contributed by atoms with Gasteiger partial charge in [0, 0.05) is 11.6 Å². The number of phenols is 1. The highest BCUT2D eigenvalue weighted by Gasteiger charge is 2.52. The third kappa shape index (κ3) is 1.72. The number of aromatic hydroxyl groups is 1. The van der Waals surface area contributed by atoms with Crippen molar-refractivity contribution in [3.63, 3.8) is 0 Å². The minimum atomic E-state index is -1.10. The molecule has 1 aliphatic rings. The van der Waals surface area contributed by atoms with Crippen LogP contribution in [0.4, 0.5) is 0 Å². The van der Waals surface area contributed by atoms with Crippen LogP contribution in [-0.2, 0) is 10.2 Å². The van der Waals surface area contributed by atoms with Gasteiger partial charge in [-0.05, 0) is 18.9 Å². The second kappa shape index (κ2) is 3.92. The van der Waals surface area contributed by atoms with Gasteiger partial charge in [-0.3, -0.25) is 4.79 Å².